The third-order valence-corrected chi connectivity index (χ3v) is 12.8. The monoisotopic (exact) mass is 846 g/mol. The summed E-state index contributed by atoms with van der Waals surface area (Å²) < 4.78 is 13.9. The normalized spacial score (nSPS) is 17.5. The number of benzene rings is 4. The highest BCUT2D eigenvalue weighted by Crippen LogP contribution is 2.42. The zero-order valence-electron chi connectivity index (χ0n) is 35.8. The third-order valence-electron chi connectivity index (χ3n) is 12.8. The Morgan fingerprint density at radius 3 is 1.41 bits per heavy atom. The molecule has 6 aromatic rings. The van der Waals surface area contributed by atoms with Crippen molar-refractivity contribution in [3.8, 4) is 33.6 Å². The van der Waals surface area contributed by atoms with Crippen LogP contribution in [0.4, 0.5) is 9.59 Å². The van der Waals surface area contributed by atoms with Crippen LogP contribution in [0.1, 0.15) is 83.8 Å². The Balaban J connectivity index is 0.926. The first kappa shape index (κ1) is 41.1. The van der Waals surface area contributed by atoms with Crippen LogP contribution >= 0.6 is 0 Å². The number of carbonyl (C=O) groups is 4. The smallest absolute Gasteiger partial charge is 0.407 e. The molecule has 4 heterocycles. The van der Waals surface area contributed by atoms with E-state index in [4.69, 9.17) is 19.4 Å². The van der Waals surface area contributed by atoms with Gasteiger partial charge >= 0.3 is 12.2 Å². The van der Waals surface area contributed by atoms with E-state index in [9.17, 15) is 19.2 Å². The first-order valence-electron chi connectivity index (χ1n) is 21.3. The van der Waals surface area contributed by atoms with Crippen molar-refractivity contribution in [2.45, 2.75) is 56.3 Å². The minimum absolute atomic E-state index is 0.201. The van der Waals surface area contributed by atoms with Crippen LogP contribution in [0.3, 0.4) is 0 Å². The molecule has 14 heteroatoms. The van der Waals surface area contributed by atoms with Crippen LogP contribution in [0.15, 0.2) is 109 Å². The van der Waals surface area contributed by atoms with E-state index in [2.05, 4.69) is 56.2 Å². The van der Waals surface area contributed by atoms with Crippen LogP contribution in [-0.2, 0) is 39.6 Å². The number of ether oxygens (including phenoxy) is 2. The maximum atomic E-state index is 14.1. The molecule has 0 unspecified atom stereocenters. The van der Waals surface area contributed by atoms with Crippen LogP contribution in [-0.4, -0.2) is 80.2 Å². The molecule has 0 radical (unpaired) electrons. The quantitative estimate of drug-likeness (QED) is 0.143. The summed E-state index contributed by atoms with van der Waals surface area (Å²) in [5.74, 6) is 1.19. The molecule has 2 saturated heterocycles. The Bertz CT molecular complexity index is 2510. The van der Waals surface area contributed by atoms with E-state index in [-0.39, 0.29) is 23.9 Å². The fourth-order valence-electron chi connectivity index (χ4n) is 9.68. The lowest BCUT2D eigenvalue weighted by atomic mass is 10.0. The van der Waals surface area contributed by atoms with E-state index in [1.165, 1.54) is 36.5 Å². The van der Waals surface area contributed by atoms with Gasteiger partial charge in [0.15, 0.2) is 0 Å². The van der Waals surface area contributed by atoms with Crippen LogP contribution in [0.2, 0.25) is 0 Å². The van der Waals surface area contributed by atoms with E-state index in [0.717, 1.165) is 66.3 Å². The summed E-state index contributed by atoms with van der Waals surface area (Å²) >= 11 is 0. The van der Waals surface area contributed by atoms with E-state index in [1.807, 2.05) is 97.0 Å². The maximum Gasteiger partial charge on any atom is 0.407 e. The summed E-state index contributed by atoms with van der Waals surface area (Å²) in [6.45, 7) is 1.11. The van der Waals surface area contributed by atoms with E-state index >= 15 is 0 Å². The lowest BCUT2D eigenvalue weighted by Crippen LogP contribution is -2.43. The number of likely N-dealkylation sites (tertiary alicyclic amines) is 2. The highest BCUT2D eigenvalue weighted by molar-refractivity contribution is 5.88. The van der Waals surface area contributed by atoms with Crippen LogP contribution in [0, 0.1) is 0 Å². The number of hydrogen-bond acceptors (Lipinski definition) is 8. The van der Waals surface area contributed by atoms with Gasteiger partial charge in [0.1, 0.15) is 23.7 Å². The standard InChI is InChI=1S/C49H50N8O6/c1-54-40(28-50-44(54)38-17-11-23-56(38)46(58)42(52-48(60)62-3)30-13-7-5-8-14-30)32-19-21-36-34(25-32)27-35-26-33(20-22-37(35)36)41-29-51-45(55(41)2)39-18-12-24-57(39)47(59)43(53-49(61)63-4)31-15-9-6-10-16-31/h5-10,13-16,19-22,25-26,28-29,38-39,42-43H,11-12,17-18,23-24,27H2,1-4H3,(H,52,60)(H,53,61)/t38-,39-,42-,43-/m1/s1. The number of aromatic nitrogens is 4. The van der Waals surface area contributed by atoms with Gasteiger partial charge in [0.2, 0.25) is 0 Å². The molecular weight excluding hydrogens is 797 g/mol. The van der Waals surface area contributed by atoms with Crippen molar-refractivity contribution in [1.82, 2.24) is 39.5 Å². The topological polar surface area (TPSA) is 153 Å². The van der Waals surface area contributed by atoms with Crippen LogP contribution in [0.25, 0.3) is 33.6 Å². The Hall–Kier alpha value is -7.22. The molecular formula is C49H50N8O6. The van der Waals surface area contributed by atoms with Gasteiger partial charge in [-0.25, -0.2) is 19.6 Å². The largest absolute Gasteiger partial charge is 0.453 e. The first-order valence-corrected chi connectivity index (χ1v) is 21.3. The van der Waals surface area contributed by atoms with Crippen molar-refractivity contribution >= 4 is 24.0 Å². The van der Waals surface area contributed by atoms with Crippen LogP contribution in [0.5, 0.6) is 0 Å². The van der Waals surface area contributed by atoms with Crippen molar-refractivity contribution in [1.29, 1.82) is 0 Å². The summed E-state index contributed by atoms with van der Waals surface area (Å²) in [6, 6.07) is 29.3. The number of carbonyl (C=O) groups excluding carboxylic acids is 4. The molecule has 4 amide bonds. The minimum Gasteiger partial charge on any atom is -0.453 e. The SMILES string of the molecule is COC(=O)N[C@@H](C(=O)N1CCC[C@@H]1c1ncc(-c2ccc3c(c2)Cc2cc(-c4cnc([C@H]5CCCN5C(=O)[C@H](NC(=O)OC)c5ccccc5)n4C)ccc2-3)n1C)c1ccccc1. The predicted octanol–water partition coefficient (Wildman–Crippen LogP) is 7.58. The molecule has 4 atom stereocenters. The van der Waals surface area contributed by atoms with Crippen molar-refractivity contribution < 1.29 is 28.7 Å². The number of imidazole rings is 2. The van der Waals surface area contributed by atoms with Gasteiger partial charge in [-0.15, -0.1) is 0 Å². The van der Waals surface area contributed by atoms with Crippen LogP contribution < -0.4 is 10.6 Å². The van der Waals surface area contributed by atoms with E-state index < -0.39 is 24.3 Å². The van der Waals surface area contributed by atoms with Gasteiger partial charge in [-0.05, 0) is 77.6 Å². The molecule has 0 saturated carbocycles. The number of alkyl carbamates (subject to hydrolysis) is 2. The second-order valence-corrected chi connectivity index (χ2v) is 16.4. The second kappa shape index (κ2) is 17.3. The van der Waals surface area contributed by atoms with E-state index in [0.29, 0.717) is 24.2 Å². The molecule has 1 aliphatic carbocycles. The van der Waals surface area contributed by atoms with Gasteiger partial charge in [0.05, 0.1) is 50.1 Å². The van der Waals surface area contributed by atoms with Crippen molar-refractivity contribution in [2.75, 3.05) is 27.3 Å². The molecule has 2 aliphatic heterocycles. The van der Waals surface area contributed by atoms with Gasteiger partial charge in [-0.3, -0.25) is 9.59 Å². The molecule has 0 spiro atoms. The number of amides is 4. The number of hydrogen-bond donors (Lipinski definition) is 2. The number of fused-ring (bicyclic) bond motifs is 3. The minimum atomic E-state index is -0.887. The molecule has 63 heavy (non-hydrogen) atoms. The number of methoxy groups -OCH3 is 2. The molecule has 9 rings (SSSR count). The average Bonchev–Trinajstić information content (AvgIpc) is 4.17. The third kappa shape index (κ3) is 7.70. The Labute approximate surface area is 365 Å². The van der Waals surface area contributed by atoms with E-state index in [1.54, 1.807) is 0 Å². The number of nitrogens with zero attached hydrogens (tertiary/aromatic N) is 6. The molecule has 4 aromatic carbocycles. The first-order chi connectivity index (χ1) is 30.6. The maximum absolute atomic E-state index is 14.1. The van der Waals surface area contributed by atoms with Crippen molar-refractivity contribution in [2.24, 2.45) is 14.1 Å². The highest BCUT2D eigenvalue weighted by Gasteiger charge is 2.39. The summed E-state index contributed by atoms with van der Waals surface area (Å²) in [6.07, 6.45) is 6.36. The van der Waals surface area contributed by atoms with Gasteiger partial charge in [0.25, 0.3) is 11.8 Å². The molecule has 2 aromatic heterocycles. The fourth-order valence-corrected chi connectivity index (χ4v) is 9.68. The summed E-state index contributed by atoms with van der Waals surface area (Å²) in [5.41, 5.74) is 10.2. The molecule has 322 valence electrons. The number of rotatable bonds is 10. The molecule has 3 aliphatic rings. The molecule has 2 N–H and O–H groups in total. The summed E-state index contributed by atoms with van der Waals surface area (Å²) in [5, 5.41) is 5.49. The molecule has 0 bridgehead atoms. The Kier molecular flexibility index (Phi) is 11.3. The lowest BCUT2D eigenvalue weighted by molar-refractivity contribution is -0.135. The molecule has 14 nitrogen and oxygen atoms in total. The Morgan fingerprint density at radius 2 is 1.02 bits per heavy atom. The average molecular weight is 847 g/mol. The van der Waals surface area contributed by atoms with Gasteiger partial charge < -0.3 is 39.0 Å². The van der Waals surface area contributed by atoms with Crippen molar-refractivity contribution in [3.63, 3.8) is 0 Å². The van der Waals surface area contributed by atoms with Gasteiger partial charge in [-0.2, -0.15) is 0 Å². The zero-order chi connectivity index (χ0) is 43.8. The Morgan fingerprint density at radius 1 is 0.603 bits per heavy atom. The van der Waals surface area contributed by atoms with Gasteiger partial charge in [-0.1, -0.05) is 84.9 Å². The highest BCUT2D eigenvalue weighted by atomic mass is 16.5. The number of nitrogens with one attached hydrogen (secondary N) is 2. The molecule has 2 fully saturated rings. The van der Waals surface area contributed by atoms with Gasteiger partial charge in [0, 0.05) is 38.3 Å². The fraction of sp³-hybridized carbons (Fsp3) is 0.306. The predicted molar refractivity (Wildman–Crippen MR) is 236 cm³/mol. The lowest BCUT2D eigenvalue weighted by Gasteiger charge is -2.29. The van der Waals surface area contributed by atoms with Crippen molar-refractivity contribution in [3.05, 3.63) is 143 Å². The summed E-state index contributed by atoms with van der Waals surface area (Å²) in [7, 11) is 6.57. The second-order valence-electron chi connectivity index (χ2n) is 16.4. The zero-order valence-corrected chi connectivity index (χ0v) is 35.8. The summed E-state index contributed by atoms with van der Waals surface area (Å²) in [4.78, 5) is 66.4.